The van der Waals surface area contributed by atoms with E-state index < -0.39 is 11.7 Å². The third-order valence-electron chi connectivity index (χ3n) is 6.02. The van der Waals surface area contributed by atoms with E-state index in [0.717, 1.165) is 44.7 Å². The van der Waals surface area contributed by atoms with Gasteiger partial charge in [0.25, 0.3) is 0 Å². The number of hydrogen-bond donors (Lipinski definition) is 1. The molecular weight excluding hydrogens is 411 g/mol. The molecule has 1 N–H and O–H groups in total. The van der Waals surface area contributed by atoms with Crippen molar-refractivity contribution >= 4 is 17.0 Å². The highest BCUT2D eigenvalue weighted by atomic mass is 19.4. The average Bonchev–Trinajstić information content (AvgIpc) is 3.37. The molecule has 5 heterocycles. The summed E-state index contributed by atoms with van der Waals surface area (Å²) in [5, 5.41) is 6.06. The third kappa shape index (κ3) is 3.44. The molecule has 166 valence electrons. The van der Waals surface area contributed by atoms with E-state index in [0.29, 0.717) is 17.0 Å². The van der Waals surface area contributed by atoms with Gasteiger partial charge in [-0.25, -0.2) is 15.0 Å². The first-order chi connectivity index (χ1) is 14.6. The van der Waals surface area contributed by atoms with Gasteiger partial charge in [0.05, 0.1) is 43.5 Å². The highest BCUT2D eigenvalue weighted by Crippen LogP contribution is 2.40. The number of rotatable bonds is 3. The Morgan fingerprint density at radius 3 is 2.58 bits per heavy atom. The number of halogens is 3. The smallest absolute Gasteiger partial charge is 0.380 e. The molecule has 0 atom stereocenters. The second kappa shape index (κ2) is 6.65. The molecule has 0 saturated carbocycles. The lowest BCUT2D eigenvalue weighted by atomic mass is 9.85. The first-order valence-electron chi connectivity index (χ1n) is 10.2. The summed E-state index contributed by atoms with van der Waals surface area (Å²) in [6, 6.07) is 0. The molecule has 0 radical (unpaired) electrons. The van der Waals surface area contributed by atoms with Crippen LogP contribution in [0.25, 0.3) is 11.2 Å². The number of ether oxygens (including phenoxy) is 1. The van der Waals surface area contributed by atoms with E-state index in [1.165, 1.54) is 6.33 Å². The van der Waals surface area contributed by atoms with Gasteiger partial charge in [0.2, 0.25) is 0 Å². The quantitative estimate of drug-likeness (QED) is 0.681. The second-order valence-corrected chi connectivity index (χ2v) is 9.59. The van der Waals surface area contributed by atoms with E-state index in [1.807, 2.05) is 20.8 Å². The summed E-state index contributed by atoms with van der Waals surface area (Å²) in [4.78, 5) is 16.3. The van der Waals surface area contributed by atoms with E-state index in [-0.39, 0.29) is 23.1 Å². The van der Waals surface area contributed by atoms with Crippen molar-refractivity contribution in [3.05, 3.63) is 29.6 Å². The molecule has 5 rings (SSSR count). The van der Waals surface area contributed by atoms with Crippen LogP contribution in [0.4, 0.5) is 19.0 Å². The second-order valence-electron chi connectivity index (χ2n) is 9.59. The van der Waals surface area contributed by atoms with E-state index in [1.54, 1.807) is 4.57 Å². The maximum absolute atomic E-state index is 13.3. The zero-order chi connectivity index (χ0) is 22.0. The summed E-state index contributed by atoms with van der Waals surface area (Å²) in [6.07, 6.45) is -1.13. The van der Waals surface area contributed by atoms with Crippen molar-refractivity contribution in [3.8, 4) is 0 Å². The van der Waals surface area contributed by atoms with Crippen LogP contribution in [-0.2, 0) is 22.9 Å². The Bertz CT molecular complexity index is 1120. The van der Waals surface area contributed by atoms with Gasteiger partial charge in [-0.15, -0.1) is 0 Å². The standard InChI is InChI=1S/C20H24F3N7O/c1-18(2,3)17-26-15(29-5-4-19(8-29)9-31-10-19)14-16(27-17)30(11-24-14)7-13-12(6-25-28-13)20(21,22)23/h6,11H,4-5,7-10H2,1-3H3,(H,25,28). The lowest BCUT2D eigenvalue weighted by molar-refractivity contribution is -0.138. The lowest BCUT2D eigenvalue weighted by Crippen LogP contribution is -2.44. The monoisotopic (exact) mass is 435 g/mol. The van der Waals surface area contributed by atoms with Gasteiger partial charge in [0, 0.05) is 23.9 Å². The fourth-order valence-electron chi connectivity index (χ4n) is 4.19. The highest BCUT2D eigenvalue weighted by Gasteiger charge is 2.45. The van der Waals surface area contributed by atoms with Crippen LogP contribution < -0.4 is 4.90 Å². The molecule has 2 fully saturated rings. The predicted octanol–water partition coefficient (Wildman–Crippen LogP) is 3.14. The molecule has 8 nitrogen and oxygen atoms in total. The van der Waals surface area contributed by atoms with Crippen LogP contribution in [0, 0.1) is 5.41 Å². The van der Waals surface area contributed by atoms with Crippen LogP contribution in [0.3, 0.4) is 0 Å². The number of anilines is 1. The number of nitrogens with zero attached hydrogens (tertiary/aromatic N) is 6. The van der Waals surface area contributed by atoms with Crippen LogP contribution >= 0.6 is 0 Å². The lowest BCUT2D eigenvalue weighted by Gasteiger charge is -2.37. The molecule has 2 saturated heterocycles. The molecule has 3 aromatic heterocycles. The summed E-state index contributed by atoms with van der Waals surface area (Å²) in [5.41, 5.74) is 0.128. The van der Waals surface area contributed by atoms with E-state index in [4.69, 9.17) is 14.7 Å². The molecule has 0 unspecified atom stereocenters. The van der Waals surface area contributed by atoms with Gasteiger partial charge in [-0.2, -0.15) is 18.3 Å². The summed E-state index contributed by atoms with van der Waals surface area (Å²) in [6.45, 7) is 9.14. The largest absolute Gasteiger partial charge is 0.419 e. The minimum atomic E-state index is -4.48. The number of fused-ring (bicyclic) bond motifs is 1. The van der Waals surface area contributed by atoms with Gasteiger partial charge in [-0.3, -0.25) is 5.10 Å². The first kappa shape index (κ1) is 20.2. The minimum absolute atomic E-state index is 0.0315. The topological polar surface area (TPSA) is 84.8 Å². The number of H-pyrrole nitrogens is 1. The van der Waals surface area contributed by atoms with Gasteiger partial charge < -0.3 is 14.2 Å². The number of aromatic amines is 1. The fraction of sp³-hybridized carbons (Fsp3) is 0.600. The maximum atomic E-state index is 13.3. The fourth-order valence-corrected chi connectivity index (χ4v) is 4.19. The number of imidazole rings is 1. The normalized spacial score (nSPS) is 18.8. The SMILES string of the molecule is CC(C)(C)c1nc(N2CCC3(COC3)C2)c2ncn(Cc3[nH]ncc3C(F)(F)F)c2n1. The molecule has 2 aliphatic rings. The summed E-state index contributed by atoms with van der Waals surface area (Å²) < 4.78 is 46.9. The number of aromatic nitrogens is 6. The van der Waals surface area contributed by atoms with E-state index >= 15 is 0 Å². The Morgan fingerprint density at radius 1 is 1.19 bits per heavy atom. The molecule has 3 aromatic rings. The molecule has 31 heavy (non-hydrogen) atoms. The molecular formula is C20H24F3N7O. The van der Waals surface area contributed by atoms with Crippen molar-refractivity contribution < 1.29 is 17.9 Å². The Balaban J connectivity index is 1.58. The molecule has 0 amide bonds. The first-order valence-corrected chi connectivity index (χ1v) is 10.2. The Labute approximate surface area is 176 Å². The predicted molar refractivity (Wildman–Crippen MR) is 107 cm³/mol. The summed E-state index contributed by atoms with van der Waals surface area (Å²) in [5.74, 6) is 1.36. The van der Waals surface area contributed by atoms with Crippen molar-refractivity contribution in [1.29, 1.82) is 0 Å². The molecule has 0 aliphatic carbocycles. The maximum Gasteiger partial charge on any atom is 0.419 e. The number of alkyl halides is 3. The minimum Gasteiger partial charge on any atom is -0.380 e. The van der Waals surface area contributed by atoms with Crippen molar-refractivity contribution in [2.24, 2.45) is 5.41 Å². The van der Waals surface area contributed by atoms with Crippen LogP contribution in [-0.4, -0.2) is 56.0 Å². The Kier molecular flexibility index (Phi) is 4.34. The third-order valence-corrected chi connectivity index (χ3v) is 6.02. The van der Waals surface area contributed by atoms with Crippen LogP contribution in [0.15, 0.2) is 12.5 Å². The summed E-state index contributed by atoms with van der Waals surface area (Å²) in [7, 11) is 0. The molecule has 11 heteroatoms. The molecule has 0 aromatic carbocycles. The van der Waals surface area contributed by atoms with Crippen LogP contribution in [0.1, 0.15) is 44.3 Å². The molecule has 0 bridgehead atoms. The summed E-state index contributed by atoms with van der Waals surface area (Å²) >= 11 is 0. The average molecular weight is 435 g/mol. The van der Waals surface area contributed by atoms with Crippen molar-refractivity contribution in [3.63, 3.8) is 0 Å². The zero-order valence-electron chi connectivity index (χ0n) is 17.6. The number of nitrogens with one attached hydrogen (secondary N) is 1. The van der Waals surface area contributed by atoms with Gasteiger partial charge in [0.15, 0.2) is 17.0 Å². The van der Waals surface area contributed by atoms with Gasteiger partial charge in [0.1, 0.15) is 5.82 Å². The molecule has 1 spiro atoms. The van der Waals surface area contributed by atoms with Crippen molar-refractivity contribution in [2.45, 2.75) is 45.3 Å². The van der Waals surface area contributed by atoms with Gasteiger partial charge in [-0.05, 0) is 6.42 Å². The Hall–Kier alpha value is -2.69. The Morgan fingerprint density at radius 2 is 1.97 bits per heavy atom. The number of hydrogen-bond acceptors (Lipinski definition) is 6. The van der Waals surface area contributed by atoms with Gasteiger partial charge >= 0.3 is 6.18 Å². The van der Waals surface area contributed by atoms with Crippen LogP contribution in [0.2, 0.25) is 0 Å². The highest BCUT2D eigenvalue weighted by molar-refractivity contribution is 5.84. The van der Waals surface area contributed by atoms with Gasteiger partial charge in [-0.1, -0.05) is 20.8 Å². The van der Waals surface area contributed by atoms with Crippen LogP contribution in [0.5, 0.6) is 0 Å². The van der Waals surface area contributed by atoms with E-state index in [9.17, 15) is 13.2 Å². The van der Waals surface area contributed by atoms with Crippen molar-refractivity contribution in [1.82, 2.24) is 29.7 Å². The zero-order valence-corrected chi connectivity index (χ0v) is 17.6. The van der Waals surface area contributed by atoms with E-state index in [2.05, 4.69) is 20.1 Å². The molecule has 2 aliphatic heterocycles. The van der Waals surface area contributed by atoms with Crippen molar-refractivity contribution in [2.75, 3.05) is 31.2 Å².